The molecule has 1 N–H and O–H groups in total. The molecule has 3 aromatic rings. The van der Waals surface area contributed by atoms with Gasteiger partial charge in [0.2, 0.25) is 5.91 Å². The van der Waals surface area contributed by atoms with Crippen LogP contribution >= 0.6 is 0 Å². The summed E-state index contributed by atoms with van der Waals surface area (Å²) in [6, 6.07) is 8.52. The molecule has 31 heavy (non-hydrogen) atoms. The van der Waals surface area contributed by atoms with Crippen LogP contribution in [0.5, 0.6) is 0 Å². The molecule has 0 radical (unpaired) electrons. The molecule has 1 amide bonds. The van der Waals surface area contributed by atoms with Gasteiger partial charge in [-0.2, -0.15) is 13.2 Å². The number of alkyl halides is 3. The van der Waals surface area contributed by atoms with E-state index in [0.29, 0.717) is 11.4 Å². The van der Waals surface area contributed by atoms with Gasteiger partial charge in [-0.25, -0.2) is 24.6 Å². The van der Waals surface area contributed by atoms with E-state index in [-0.39, 0.29) is 23.0 Å². The fraction of sp³-hybridized carbons (Fsp3) is 0.190. The Hall–Kier alpha value is -3.82. The number of aromatic nitrogens is 3. The minimum Gasteiger partial charge on any atom is -0.478 e. The van der Waals surface area contributed by atoms with Crippen LogP contribution in [0.2, 0.25) is 0 Å². The van der Waals surface area contributed by atoms with Gasteiger partial charge in [0.05, 0.1) is 16.7 Å². The fourth-order valence-corrected chi connectivity index (χ4v) is 3.63. The monoisotopic (exact) mass is 428 g/mol. The third-order valence-electron chi connectivity index (χ3n) is 5.05. The Kier molecular flexibility index (Phi) is 4.53. The quantitative estimate of drug-likeness (QED) is 0.671. The Bertz CT molecular complexity index is 1210. The molecule has 0 atom stereocenters. The molecule has 1 aliphatic rings. The smallest absolute Gasteiger partial charge is 0.434 e. The van der Waals surface area contributed by atoms with E-state index in [0.717, 1.165) is 6.07 Å². The zero-order valence-corrected chi connectivity index (χ0v) is 16.3. The molecule has 0 fully saturated rings. The summed E-state index contributed by atoms with van der Waals surface area (Å²) in [5, 5.41) is 9.12. The zero-order valence-electron chi connectivity index (χ0n) is 16.3. The predicted octanol–water partition coefficient (Wildman–Crippen LogP) is 4.21. The van der Waals surface area contributed by atoms with E-state index in [9.17, 15) is 22.8 Å². The van der Waals surface area contributed by atoms with Crippen LogP contribution in [0.3, 0.4) is 0 Å². The van der Waals surface area contributed by atoms with Gasteiger partial charge >= 0.3 is 12.1 Å². The van der Waals surface area contributed by atoms with E-state index >= 15 is 0 Å². The molecule has 158 valence electrons. The number of aromatic carboxylic acids is 1. The van der Waals surface area contributed by atoms with Crippen molar-refractivity contribution in [1.82, 2.24) is 15.0 Å². The number of carbonyl (C=O) groups excluding carboxylic acids is 1. The lowest BCUT2D eigenvalue weighted by Gasteiger charge is -2.20. The Morgan fingerprint density at radius 3 is 2.42 bits per heavy atom. The molecule has 4 rings (SSSR count). The molecular formula is C21H15F3N4O3. The first kappa shape index (κ1) is 20.5. The van der Waals surface area contributed by atoms with E-state index in [1.54, 1.807) is 32.0 Å². The van der Waals surface area contributed by atoms with Crippen LogP contribution in [0, 0.1) is 0 Å². The highest BCUT2D eigenvalue weighted by Gasteiger charge is 2.48. The second kappa shape index (κ2) is 6.86. The highest BCUT2D eigenvalue weighted by Crippen LogP contribution is 2.47. The first-order chi connectivity index (χ1) is 14.5. The zero-order chi connectivity index (χ0) is 22.6. The molecule has 4 heterocycles. The Morgan fingerprint density at radius 1 is 1.06 bits per heavy atom. The molecule has 3 aromatic heterocycles. The molecule has 10 heteroatoms. The van der Waals surface area contributed by atoms with Crippen molar-refractivity contribution < 1.29 is 27.9 Å². The van der Waals surface area contributed by atoms with Gasteiger partial charge in [0.15, 0.2) is 5.69 Å². The summed E-state index contributed by atoms with van der Waals surface area (Å²) in [5.74, 6) is -1.51. The van der Waals surface area contributed by atoms with Crippen molar-refractivity contribution in [1.29, 1.82) is 0 Å². The summed E-state index contributed by atoms with van der Waals surface area (Å²) in [6.45, 7) is 3.27. The highest BCUT2D eigenvalue weighted by atomic mass is 19.4. The van der Waals surface area contributed by atoms with Crippen LogP contribution in [0.25, 0.3) is 11.3 Å². The third kappa shape index (κ3) is 3.20. The number of carboxylic acid groups (broad SMARTS) is 1. The molecule has 0 aromatic carbocycles. The first-order valence-corrected chi connectivity index (χ1v) is 9.10. The van der Waals surface area contributed by atoms with Crippen molar-refractivity contribution >= 4 is 23.5 Å². The number of amides is 1. The second-order valence-electron chi connectivity index (χ2n) is 7.41. The summed E-state index contributed by atoms with van der Waals surface area (Å²) in [7, 11) is 0. The maximum Gasteiger partial charge on any atom is 0.434 e. The molecule has 0 unspecified atom stereocenters. The van der Waals surface area contributed by atoms with E-state index in [1.807, 2.05) is 0 Å². The lowest BCUT2D eigenvalue weighted by atomic mass is 9.83. The topological polar surface area (TPSA) is 96.3 Å². The molecule has 1 aliphatic heterocycles. The van der Waals surface area contributed by atoms with Crippen LogP contribution in [-0.4, -0.2) is 31.9 Å². The van der Waals surface area contributed by atoms with Crippen molar-refractivity contribution in [2.45, 2.75) is 25.4 Å². The number of hydrogen-bond acceptors (Lipinski definition) is 5. The van der Waals surface area contributed by atoms with Crippen molar-refractivity contribution in [2.75, 3.05) is 4.90 Å². The summed E-state index contributed by atoms with van der Waals surface area (Å²) >= 11 is 0. The highest BCUT2D eigenvalue weighted by molar-refractivity contribution is 6.12. The Labute approximate surface area is 174 Å². The molecule has 0 aliphatic carbocycles. The largest absolute Gasteiger partial charge is 0.478 e. The van der Waals surface area contributed by atoms with Crippen LogP contribution in [0.15, 0.2) is 48.8 Å². The number of nitrogens with zero attached hydrogens (tertiary/aromatic N) is 4. The number of carboxylic acids is 1. The predicted molar refractivity (Wildman–Crippen MR) is 104 cm³/mol. The summed E-state index contributed by atoms with van der Waals surface area (Å²) < 4.78 is 40.4. The number of anilines is 2. The molecule has 0 bridgehead atoms. The van der Waals surface area contributed by atoms with Gasteiger partial charge in [0, 0.05) is 23.5 Å². The lowest BCUT2D eigenvalue weighted by molar-refractivity contribution is -0.141. The fourth-order valence-electron chi connectivity index (χ4n) is 3.63. The Balaban J connectivity index is 1.96. The third-order valence-corrected chi connectivity index (χ3v) is 5.05. The first-order valence-electron chi connectivity index (χ1n) is 9.10. The summed E-state index contributed by atoms with van der Waals surface area (Å²) in [5.41, 5.74) is -3.07. The number of halogens is 3. The second-order valence-corrected chi connectivity index (χ2v) is 7.41. The molecule has 7 nitrogen and oxygen atoms in total. The molecule has 0 saturated carbocycles. The van der Waals surface area contributed by atoms with Crippen molar-refractivity contribution in [3.8, 4) is 11.3 Å². The van der Waals surface area contributed by atoms with E-state index in [1.165, 1.54) is 29.4 Å². The maximum atomic E-state index is 13.5. The maximum absolute atomic E-state index is 13.5. The van der Waals surface area contributed by atoms with Gasteiger partial charge in [-0.3, -0.25) is 4.79 Å². The number of carbonyl (C=O) groups is 2. The summed E-state index contributed by atoms with van der Waals surface area (Å²) in [6.07, 6.45) is -2.09. The van der Waals surface area contributed by atoms with Crippen LogP contribution in [0.4, 0.5) is 24.8 Å². The number of pyridine rings is 3. The number of fused-ring (bicyclic) bond motifs is 1. The van der Waals surface area contributed by atoms with Crippen LogP contribution < -0.4 is 4.90 Å². The van der Waals surface area contributed by atoms with Gasteiger partial charge in [0.1, 0.15) is 11.6 Å². The van der Waals surface area contributed by atoms with Gasteiger partial charge in [-0.1, -0.05) is 6.07 Å². The number of hydrogen-bond donors (Lipinski definition) is 1. The molecule has 0 spiro atoms. The standard InChI is InChI=1S/C21H15F3N4O3/c1-20(2)15-11(13-7-6-12(18(29)30)16(27-13)21(22,23)24)8-10-26-17(15)28(19(20)31)14-5-3-4-9-25-14/h3-10H,1-2H3,(H,29,30). The summed E-state index contributed by atoms with van der Waals surface area (Å²) in [4.78, 5) is 37.9. The minimum absolute atomic E-state index is 0.111. The minimum atomic E-state index is -4.97. The van der Waals surface area contributed by atoms with Gasteiger partial charge < -0.3 is 5.11 Å². The SMILES string of the molecule is CC1(C)C(=O)N(c2ccccn2)c2nccc(-c3ccc(C(=O)O)c(C(F)(F)F)n3)c21. The van der Waals surface area contributed by atoms with E-state index < -0.39 is 28.8 Å². The van der Waals surface area contributed by atoms with E-state index in [4.69, 9.17) is 5.11 Å². The van der Waals surface area contributed by atoms with Gasteiger partial charge in [-0.15, -0.1) is 0 Å². The van der Waals surface area contributed by atoms with Gasteiger partial charge in [-0.05, 0) is 44.2 Å². The van der Waals surface area contributed by atoms with Crippen molar-refractivity contribution in [3.05, 3.63) is 65.6 Å². The Morgan fingerprint density at radius 2 is 1.81 bits per heavy atom. The average molecular weight is 428 g/mol. The van der Waals surface area contributed by atoms with Crippen LogP contribution in [-0.2, 0) is 16.4 Å². The van der Waals surface area contributed by atoms with Crippen molar-refractivity contribution in [2.24, 2.45) is 0 Å². The molecule has 0 saturated heterocycles. The normalized spacial score (nSPS) is 15.1. The number of rotatable bonds is 3. The van der Waals surface area contributed by atoms with Crippen molar-refractivity contribution in [3.63, 3.8) is 0 Å². The van der Waals surface area contributed by atoms with E-state index in [2.05, 4.69) is 15.0 Å². The van der Waals surface area contributed by atoms with Crippen LogP contribution in [0.1, 0.15) is 35.5 Å². The van der Waals surface area contributed by atoms with Gasteiger partial charge in [0.25, 0.3) is 0 Å². The average Bonchev–Trinajstić information content (AvgIpc) is 2.93. The lowest BCUT2D eigenvalue weighted by Crippen LogP contribution is -2.33. The molecular weight excluding hydrogens is 413 g/mol.